The number of alkyl carbamates (subject to hydrolysis) is 1. The number of nitrogens with zero attached hydrogens (tertiary/aromatic N) is 1. The molecule has 2 rings (SSSR count). The van der Waals surface area contributed by atoms with Crippen LogP contribution in [0.3, 0.4) is 0 Å². The van der Waals surface area contributed by atoms with Gasteiger partial charge in [-0.3, -0.25) is 9.69 Å². The van der Waals surface area contributed by atoms with Crippen LogP contribution in [0.4, 0.5) is 4.79 Å². The van der Waals surface area contributed by atoms with Gasteiger partial charge in [-0.1, -0.05) is 30.3 Å². The van der Waals surface area contributed by atoms with Gasteiger partial charge in [0.1, 0.15) is 5.60 Å². The molecule has 0 aliphatic carbocycles. The van der Waals surface area contributed by atoms with Crippen LogP contribution in [0.25, 0.3) is 0 Å². The molecule has 0 saturated carbocycles. The van der Waals surface area contributed by atoms with Crippen LogP contribution in [-0.4, -0.2) is 46.8 Å². The minimum absolute atomic E-state index is 0.407. The maximum atomic E-state index is 11.9. The second-order valence-electron chi connectivity index (χ2n) is 7.21. The topological polar surface area (TPSA) is 78.9 Å². The summed E-state index contributed by atoms with van der Waals surface area (Å²) in [5, 5.41) is 12.2. The van der Waals surface area contributed by atoms with E-state index in [1.54, 1.807) is 20.8 Å². The predicted molar refractivity (Wildman–Crippen MR) is 90.6 cm³/mol. The van der Waals surface area contributed by atoms with Gasteiger partial charge in [-0.15, -0.1) is 0 Å². The number of carboxylic acids is 1. The second kappa shape index (κ2) is 7.66. The molecule has 0 unspecified atom stereocenters. The van der Waals surface area contributed by atoms with E-state index in [9.17, 15) is 14.7 Å². The van der Waals surface area contributed by atoms with Gasteiger partial charge >= 0.3 is 12.1 Å². The lowest BCUT2D eigenvalue weighted by Gasteiger charge is -2.37. The van der Waals surface area contributed by atoms with Crippen LogP contribution in [0.5, 0.6) is 0 Å². The van der Waals surface area contributed by atoms with E-state index in [-0.39, 0.29) is 0 Å². The lowest BCUT2D eigenvalue weighted by molar-refractivity contribution is -0.144. The second-order valence-corrected chi connectivity index (χ2v) is 7.21. The number of aliphatic carboxylic acids is 1. The summed E-state index contributed by atoms with van der Waals surface area (Å²) in [5.41, 5.74) is 0.553. The third kappa shape index (κ3) is 5.53. The van der Waals surface area contributed by atoms with Gasteiger partial charge in [0.2, 0.25) is 0 Å². The van der Waals surface area contributed by atoms with E-state index in [0.717, 1.165) is 12.1 Å². The van der Waals surface area contributed by atoms with Crippen LogP contribution in [-0.2, 0) is 16.1 Å². The van der Waals surface area contributed by atoms with Gasteiger partial charge in [-0.25, -0.2) is 4.79 Å². The van der Waals surface area contributed by atoms with Gasteiger partial charge in [0, 0.05) is 25.7 Å². The quantitative estimate of drug-likeness (QED) is 0.884. The maximum absolute atomic E-state index is 11.9. The van der Waals surface area contributed by atoms with Crippen molar-refractivity contribution in [2.75, 3.05) is 13.1 Å². The zero-order valence-corrected chi connectivity index (χ0v) is 14.5. The molecule has 24 heavy (non-hydrogen) atoms. The monoisotopic (exact) mass is 334 g/mol. The molecule has 1 aliphatic rings. The molecule has 2 atom stereocenters. The van der Waals surface area contributed by atoms with Crippen molar-refractivity contribution in [3.8, 4) is 0 Å². The zero-order chi connectivity index (χ0) is 17.7. The number of carboxylic acid groups (broad SMARTS) is 1. The normalized spacial score (nSPS) is 22.0. The largest absolute Gasteiger partial charge is 0.481 e. The summed E-state index contributed by atoms with van der Waals surface area (Å²) < 4.78 is 5.23. The van der Waals surface area contributed by atoms with E-state index in [2.05, 4.69) is 10.2 Å². The van der Waals surface area contributed by atoms with Gasteiger partial charge in [0.05, 0.1) is 5.92 Å². The van der Waals surface area contributed by atoms with E-state index in [0.29, 0.717) is 19.5 Å². The first-order chi connectivity index (χ1) is 11.2. The Morgan fingerprint density at radius 1 is 1.29 bits per heavy atom. The molecule has 1 saturated heterocycles. The highest BCUT2D eigenvalue weighted by Gasteiger charge is 2.36. The lowest BCUT2D eigenvalue weighted by atomic mass is 9.92. The fourth-order valence-corrected chi connectivity index (χ4v) is 2.89. The molecule has 1 aromatic rings. The number of benzene rings is 1. The van der Waals surface area contributed by atoms with Crippen molar-refractivity contribution in [3.05, 3.63) is 35.9 Å². The van der Waals surface area contributed by atoms with E-state index in [4.69, 9.17) is 4.74 Å². The van der Waals surface area contributed by atoms with E-state index < -0.39 is 29.6 Å². The molecule has 1 heterocycles. The van der Waals surface area contributed by atoms with Crippen molar-refractivity contribution in [1.82, 2.24) is 10.2 Å². The smallest absolute Gasteiger partial charge is 0.407 e. The molecule has 6 nitrogen and oxygen atoms in total. The molecule has 1 aliphatic heterocycles. The average Bonchev–Trinajstić information content (AvgIpc) is 2.47. The summed E-state index contributed by atoms with van der Waals surface area (Å²) in [7, 11) is 0. The highest BCUT2D eigenvalue weighted by atomic mass is 16.6. The molecule has 2 N–H and O–H groups in total. The molecule has 0 radical (unpaired) electrons. The fraction of sp³-hybridized carbons (Fsp3) is 0.556. The third-order valence-electron chi connectivity index (χ3n) is 3.97. The van der Waals surface area contributed by atoms with Crippen LogP contribution >= 0.6 is 0 Å². The summed E-state index contributed by atoms with van der Waals surface area (Å²) in [4.78, 5) is 25.7. The van der Waals surface area contributed by atoms with Crippen molar-refractivity contribution in [2.24, 2.45) is 5.92 Å². The third-order valence-corrected chi connectivity index (χ3v) is 3.97. The zero-order valence-electron chi connectivity index (χ0n) is 14.5. The predicted octanol–water partition coefficient (Wildman–Crippen LogP) is 2.49. The lowest BCUT2D eigenvalue weighted by Crippen LogP contribution is -2.54. The number of rotatable bonds is 4. The fourth-order valence-electron chi connectivity index (χ4n) is 2.89. The molecular weight excluding hydrogens is 308 g/mol. The van der Waals surface area contributed by atoms with Crippen LogP contribution in [0, 0.1) is 5.92 Å². The Bertz CT molecular complexity index is 568. The maximum Gasteiger partial charge on any atom is 0.407 e. The molecule has 1 aromatic carbocycles. The SMILES string of the molecule is CC(C)(C)OC(=O)N[C@@H]1CCN(Cc2ccccc2)C[C@@H]1C(=O)O. The summed E-state index contributed by atoms with van der Waals surface area (Å²) >= 11 is 0. The van der Waals surface area contributed by atoms with Crippen LogP contribution in [0.2, 0.25) is 0 Å². The Morgan fingerprint density at radius 3 is 2.54 bits per heavy atom. The number of amides is 1. The van der Waals surface area contributed by atoms with Crippen molar-refractivity contribution in [3.63, 3.8) is 0 Å². The summed E-state index contributed by atoms with van der Waals surface area (Å²) in [5.74, 6) is -1.54. The first-order valence-electron chi connectivity index (χ1n) is 8.23. The Labute approximate surface area is 142 Å². The number of likely N-dealkylation sites (tertiary alicyclic amines) is 1. The molecule has 1 amide bonds. The van der Waals surface area contributed by atoms with Gasteiger partial charge in [0.25, 0.3) is 0 Å². The molecule has 0 bridgehead atoms. The standard InChI is InChI=1S/C18H26N2O4/c1-18(2,3)24-17(23)19-15-9-10-20(12-14(15)16(21)22)11-13-7-5-4-6-8-13/h4-8,14-15H,9-12H2,1-3H3,(H,19,23)(H,21,22)/t14-,15+/m0/s1. The van der Waals surface area contributed by atoms with Crippen molar-refractivity contribution in [2.45, 2.75) is 45.4 Å². The van der Waals surface area contributed by atoms with Crippen LogP contribution in [0.15, 0.2) is 30.3 Å². The van der Waals surface area contributed by atoms with Gasteiger partial charge in [-0.05, 0) is 32.8 Å². The molecule has 0 aromatic heterocycles. The van der Waals surface area contributed by atoms with Gasteiger partial charge < -0.3 is 15.2 Å². The number of carbonyl (C=O) groups is 2. The Morgan fingerprint density at radius 2 is 1.96 bits per heavy atom. The van der Waals surface area contributed by atoms with E-state index in [1.165, 1.54) is 0 Å². The van der Waals surface area contributed by atoms with Crippen molar-refractivity contribution in [1.29, 1.82) is 0 Å². The minimum Gasteiger partial charge on any atom is -0.481 e. The molecule has 132 valence electrons. The van der Waals surface area contributed by atoms with Crippen LogP contribution < -0.4 is 5.32 Å². The Hall–Kier alpha value is -2.08. The highest BCUT2D eigenvalue weighted by Crippen LogP contribution is 2.20. The molecular formula is C18H26N2O4. The van der Waals surface area contributed by atoms with Gasteiger partial charge in [0.15, 0.2) is 0 Å². The van der Waals surface area contributed by atoms with E-state index >= 15 is 0 Å². The number of hydrogen-bond donors (Lipinski definition) is 2. The average molecular weight is 334 g/mol. The Balaban J connectivity index is 1.95. The number of nitrogens with one attached hydrogen (secondary N) is 1. The molecule has 6 heteroatoms. The molecule has 0 spiro atoms. The van der Waals surface area contributed by atoms with Crippen LogP contribution in [0.1, 0.15) is 32.8 Å². The first-order valence-corrected chi connectivity index (χ1v) is 8.23. The highest BCUT2D eigenvalue weighted by molar-refractivity contribution is 5.74. The van der Waals surface area contributed by atoms with Gasteiger partial charge in [-0.2, -0.15) is 0 Å². The Kier molecular flexibility index (Phi) is 5.83. The number of hydrogen-bond acceptors (Lipinski definition) is 4. The van der Waals surface area contributed by atoms with Crippen molar-refractivity contribution >= 4 is 12.1 Å². The summed E-state index contributed by atoms with van der Waals surface area (Å²) in [6.45, 7) is 7.20. The number of piperidine rings is 1. The number of carbonyl (C=O) groups excluding carboxylic acids is 1. The minimum atomic E-state index is -0.895. The summed E-state index contributed by atoms with van der Waals surface area (Å²) in [6, 6.07) is 9.55. The number of ether oxygens (including phenoxy) is 1. The first kappa shape index (κ1) is 18.3. The summed E-state index contributed by atoms with van der Waals surface area (Å²) in [6.07, 6.45) is 0.0264. The van der Waals surface area contributed by atoms with Crippen molar-refractivity contribution < 1.29 is 19.4 Å². The van der Waals surface area contributed by atoms with E-state index in [1.807, 2.05) is 30.3 Å². The molecule has 1 fully saturated rings.